The summed E-state index contributed by atoms with van der Waals surface area (Å²) in [7, 11) is -0.481. The highest BCUT2D eigenvalue weighted by atomic mass is 32.2. The molecule has 0 aliphatic carbocycles. The van der Waals surface area contributed by atoms with Gasteiger partial charge in [0.2, 0.25) is 10.0 Å². The van der Waals surface area contributed by atoms with Gasteiger partial charge in [-0.15, -0.1) is 0 Å². The van der Waals surface area contributed by atoms with Crippen molar-refractivity contribution in [3.63, 3.8) is 0 Å². The van der Waals surface area contributed by atoms with Gasteiger partial charge in [-0.1, -0.05) is 0 Å². The molecule has 1 rings (SSSR count). The van der Waals surface area contributed by atoms with Crippen LogP contribution in [-0.2, 0) is 14.8 Å². The predicted molar refractivity (Wildman–Crippen MR) is 99.4 cm³/mol. The third-order valence-electron chi connectivity index (χ3n) is 3.36. The highest BCUT2D eigenvalue weighted by Crippen LogP contribution is 2.22. The van der Waals surface area contributed by atoms with Crippen LogP contribution in [0.4, 0.5) is 0 Å². The van der Waals surface area contributed by atoms with Crippen molar-refractivity contribution < 1.29 is 27.4 Å². The fourth-order valence-electron chi connectivity index (χ4n) is 2.03. The van der Waals surface area contributed by atoms with Crippen LogP contribution in [0.15, 0.2) is 18.2 Å². The van der Waals surface area contributed by atoms with Crippen LogP contribution >= 0.6 is 0 Å². The number of amides is 1. The van der Waals surface area contributed by atoms with Crippen LogP contribution in [0.2, 0.25) is 0 Å². The van der Waals surface area contributed by atoms with Gasteiger partial charge in [-0.05, 0) is 32.4 Å². The number of hydrogen-bond acceptors (Lipinski definition) is 6. The Morgan fingerprint density at radius 3 is 2.23 bits per heavy atom. The van der Waals surface area contributed by atoms with E-state index in [1.807, 2.05) is 13.8 Å². The van der Waals surface area contributed by atoms with E-state index >= 15 is 0 Å². The molecular formula is C17H28N2O6S. The largest absolute Gasteiger partial charge is 0.497 e. The highest BCUT2D eigenvalue weighted by molar-refractivity contribution is 7.89. The first-order valence-electron chi connectivity index (χ1n) is 8.37. The van der Waals surface area contributed by atoms with Crippen molar-refractivity contribution in [3.05, 3.63) is 23.8 Å². The first-order valence-corrected chi connectivity index (χ1v) is 10.0. The van der Waals surface area contributed by atoms with E-state index in [2.05, 4.69) is 10.0 Å². The number of methoxy groups -OCH3 is 2. The molecule has 26 heavy (non-hydrogen) atoms. The second kappa shape index (κ2) is 11.0. The molecule has 0 aliphatic rings. The Bertz CT molecular complexity index is 654. The molecule has 9 heteroatoms. The number of rotatable bonds is 12. The standard InChI is InChI=1S/C17H28N2O6S/c1-13(2)25-8-5-6-19-26(21,22)9-7-18-17(20)14-10-15(23-3)12-16(11-14)24-4/h10-13,19H,5-9H2,1-4H3,(H,18,20). The minimum absolute atomic E-state index is 0.00378. The summed E-state index contributed by atoms with van der Waals surface area (Å²) in [5.74, 6) is 0.354. The Morgan fingerprint density at radius 1 is 1.08 bits per heavy atom. The average molecular weight is 388 g/mol. The summed E-state index contributed by atoms with van der Waals surface area (Å²) in [6, 6.07) is 4.76. The molecule has 2 N–H and O–H groups in total. The highest BCUT2D eigenvalue weighted by Gasteiger charge is 2.13. The molecule has 0 saturated carbocycles. The molecule has 0 aliphatic heterocycles. The number of sulfonamides is 1. The van der Waals surface area contributed by atoms with E-state index in [1.165, 1.54) is 14.2 Å². The lowest BCUT2D eigenvalue weighted by atomic mass is 10.2. The summed E-state index contributed by atoms with van der Waals surface area (Å²) in [6.07, 6.45) is 0.713. The van der Waals surface area contributed by atoms with E-state index in [-0.39, 0.29) is 18.4 Å². The molecule has 148 valence electrons. The molecular weight excluding hydrogens is 360 g/mol. The van der Waals surface area contributed by atoms with E-state index in [4.69, 9.17) is 14.2 Å². The summed E-state index contributed by atoms with van der Waals surface area (Å²) in [4.78, 5) is 12.2. The zero-order valence-electron chi connectivity index (χ0n) is 15.7. The smallest absolute Gasteiger partial charge is 0.251 e. The van der Waals surface area contributed by atoms with Crippen LogP contribution in [0.5, 0.6) is 11.5 Å². The Kier molecular flexibility index (Phi) is 9.39. The maximum atomic E-state index is 12.2. The Hall–Kier alpha value is -1.84. The summed E-state index contributed by atoms with van der Waals surface area (Å²) in [5, 5.41) is 2.58. The number of nitrogens with one attached hydrogen (secondary N) is 2. The molecule has 0 spiro atoms. The monoisotopic (exact) mass is 388 g/mol. The van der Waals surface area contributed by atoms with Gasteiger partial charge in [0.15, 0.2) is 0 Å². The lowest BCUT2D eigenvalue weighted by Crippen LogP contribution is -2.35. The van der Waals surface area contributed by atoms with Crippen molar-refractivity contribution in [1.82, 2.24) is 10.0 Å². The van der Waals surface area contributed by atoms with Crippen LogP contribution < -0.4 is 19.5 Å². The van der Waals surface area contributed by atoms with Gasteiger partial charge in [-0.3, -0.25) is 4.79 Å². The fraction of sp³-hybridized carbons (Fsp3) is 0.588. The maximum absolute atomic E-state index is 12.2. The third-order valence-corrected chi connectivity index (χ3v) is 4.75. The Morgan fingerprint density at radius 2 is 1.69 bits per heavy atom. The summed E-state index contributed by atoms with van der Waals surface area (Å²) >= 11 is 0. The minimum atomic E-state index is -3.46. The molecule has 0 atom stereocenters. The summed E-state index contributed by atoms with van der Waals surface area (Å²) < 4.78 is 41.9. The second-order valence-electron chi connectivity index (χ2n) is 5.84. The Balaban J connectivity index is 2.43. The maximum Gasteiger partial charge on any atom is 0.251 e. The van der Waals surface area contributed by atoms with Gasteiger partial charge in [-0.25, -0.2) is 13.1 Å². The number of ether oxygens (including phenoxy) is 3. The van der Waals surface area contributed by atoms with E-state index < -0.39 is 15.9 Å². The SMILES string of the molecule is COc1cc(OC)cc(C(=O)NCCS(=O)(=O)NCCCOC(C)C)c1. The molecule has 0 fully saturated rings. The lowest BCUT2D eigenvalue weighted by molar-refractivity contribution is 0.0778. The molecule has 0 saturated heterocycles. The van der Waals surface area contributed by atoms with Gasteiger partial charge in [-0.2, -0.15) is 0 Å². The summed E-state index contributed by atoms with van der Waals surface area (Å²) in [6.45, 7) is 4.64. The number of carbonyl (C=O) groups is 1. The molecule has 0 radical (unpaired) electrons. The van der Waals surface area contributed by atoms with Gasteiger partial charge in [0, 0.05) is 31.3 Å². The van der Waals surface area contributed by atoms with Gasteiger partial charge >= 0.3 is 0 Å². The first-order chi connectivity index (χ1) is 12.3. The van der Waals surface area contributed by atoms with Crippen LogP contribution in [0.1, 0.15) is 30.6 Å². The van der Waals surface area contributed by atoms with Gasteiger partial charge < -0.3 is 19.5 Å². The van der Waals surface area contributed by atoms with Gasteiger partial charge in [0.05, 0.1) is 26.1 Å². The van der Waals surface area contributed by atoms with E-state index in [1.54, 1.807) is 18.2 Å². The predicted octanol–water partition coefficient (Wildman–Crippen LogP) is 1.17. The van der Waals surface area contributed by atoms with Gasteiger partial charge in [0.1, 0.15) is 11.5 Å². The number of carbonyl (C=O) groups excluding carboxylic acids is 1. The zero-order chi connectivity index (χ0) is 19.6. The minimum Gasteiger partial charge on any atom is -0.497 e. The van der Waals surface area contributed by atoms with E-state index in [0.717, 1.165) is 0 Å². The van der Waals surface area contributed by atoms with Crippen molar-refractivity contribution in [3.8, 4) is 11.5 Å². The van der Waals surface area contributed by atoms with Crippen LogP contribution in [0.3, 0.4) is 0 Å². The van der Waals surface area contributed by atoms with Crippen molar-refractivity contribution in [2.24, 2.45) is 0 Å². The number of hydrogen-bond donors (Lipinski definition) is 2. The molecule has 8 nitrogen and oxygen atoms in total. The van der Waals surface area contributed by atoms with E-state index in [0.29, 0.717) is 36.6 Å². The molecule has 0 unspecified atom stereocenters. The zero-order valence-corrected chi connectivity index (χ0v) is 16.5. The molecule has 0 bridgehead atoms. The molecule has 1 aromatic rings. The van der Waals surface area contributed by atoms with Crippen LogP contribution in [-0.4, -0.2) is 60.1 Å². The van der Waals surface area contributed by atoms with Crippen molar-refractivity contribution in [1.29, 1.82) is 0 Å². The molecule has 1 amide bonds. The van der Waals surface area contributed by atoms with Crippen molar-refractivity contribution in [2.45, 2.75) is 26.4 Å². The fourth-order valence-corrected chi connectivity index (χ4v) is 3.00. The third kappa shape index (κ3) is 8.50. The van der Waals surface area contributed by atoms with Crippen molar-refractivity contribution >= 4 is 15.9 Å². The summed E-state index contributed by atoms with van der Waals surface area (Å²) in [5.41, 5.74) is 0.331. The second-order valence-corrected chi connectivity index (χ2v) is 7.77. The van der Waals surface area contributed by atoms with Crippen molar-refractivity contribution in [2.75, 3.05) is 39.7 Å². The Labute approximate surface area is 155 Å². The lowest BCUT2D eigenvalue weighted by Gasteiger charge is -2.10. The first kappa shape index (κ1) is 22.2. The molecule has 1 aromatic carbocycles. The normalized spacial score (nSPS) is 11.4. The van der Waals surface area contributed by atoms with E-state index in [9.17, 15) is 13.2 Å². The van der Waals surface area contributed by atoms with Crippen LogP contribution in [0, 0.1) is 0 Å². The quantitative estimate of drug-likeness (QED) is 0.521. The molecule has 0 heterocycles. The molecule has 0 aromatic heterocycles. The van der Waals surface area contributed by atoms with Crippen LogP contribution in [0.25, 0.3) is 0 Å². The average Bonchev–Trinajstić information content (AvgIpc) is 2.60. The topological polar surface area (TPSA) is 103 Å². The van der Waals surface area contributed by atoms with Gasteiger partial charge in [0.25, 0.3) is 5.91 Å². The number of benzene rings is 1.